The van der Waals surface area contributed by atoms with Crippen LogP contribution < -0.4 is 0 Å². The van der Waals surface area contributed by atoms with Crippen LogP contribution in [0.1, 0.15) is 52.9 Å². The van der Waals surface area contributed by atoms with E-state index in [0.29, 0.717) is 10.6 Å². The smallest absolute Gasteiger partial charge is 0.0766 e. The van der Waals surface area contributed by atoms with Gasteiger partial charge in [0.25, 0.3) is 0 Å². The lowest BCUT2D eigenvalue weighted by Crippen LogP contribution is -2.53. The molecule has 4 fully saturated rings. The molecule has 0 nitrogen and oxygen atoms in total. The van der Waals surface area contributed by atoms with Gasteiger partial charge in [0, 0.05) is 0 Å². The van der Waals surface area contributed by atoms with Crippen LogP contribution in [0.25, 0.3) is 0 Å². The zero-order valence-corrected chi connectivity index (χ0v) is 12.4. The lowest BCUT2D eigenvalue weighted by Gasteiger charge is -2.62. The third-order valence-electron chi connectivity index (χ3n) is 6.99. The molecule has 2 heteroatoms. The Labute approximate surface area is 109 Å². The average Bonchev–Trinajstić information content (AvgIpc) is 2.12. The molecule has 0 aromatic carbocycles. The second kappa shape index (κ2) is 3.58. The molecule has 0 heterocycles. The second-order valence-corrected chi connectivity index (χ2v) is 8.93. The van der Waals surface area contributed by atoms with Crippen molar-refractivity contribution >= 4 is 15.7 Å². The van der Waals surface area contributed by atoms with Gasteiger partial charge in [0.05, 0.1) is 0 Å². The van der Waals surface area contributed by atoms with Crippen molar-refractivity contribution in [3.8, 4) is 0 Å². The zero-order chi connectivity index (χ0) is 12.4. The summed E-state index contributed by atoms with van der Waals surface area (Å²) in [5.41, 5.74) is 0.451. The van der Waals surface area contributed by atoms with Gasteiger partial charge in [-0.25, -0.2) is 0 Å². The fourth-order valence-electron chi connectivity index (χ4n) is 5.60. The molecule has 17 heavy (non-hydrogen) atoms. The van der Waals surface area contributed by atoms with Crippen LogP contribution >= 0.6 is 0 Å². The monoisotopic (exact) mass is 230 g/mol. The maximum Gasteiger partial charge on any atom is 0.100 e. The Morgan fingerprint density at radius 2 is 1.18 bits per heavy atom. The van der Waals surface area contributed by atoms with Gasteiger partial charge in [-0.1, -0.05) is 26.0 Å². The first-order chi connectivity index (χ1) is 7.79. The summed E-state index contributed by atoms with van der Waals surface area (Å²) in [4.78, 5) is 0. The standard InChI is InChI=1S/C15H28B2/c1-14(2,3)15(16,17)13-11-5-9-4-10(7-11)8-12(13)6-9/h9-13H,4-8,16-17H2,1-3H3. The largest absolute Gasteiger partial charge is 0.100 e. The summed E-state index contributed by atoms with van der Waals surface area (Å²) in [5, 5.41) is 0.510. The van der Waals surface area contributed by atoms with Gasteiger partial charge in [-0.15, -0.1) is 0 Å². The number of hydrogen-bond acceptors (Lipinski definition) is 0. The molecule has 0 aromatic heterocycles. The van der Waals surface area contributed by atoms with Gasteiger partial charge in [0.2, 0.25) is 0 Å². The van der Waals surface area contributed by atoms with Crippen LogP contribution in [0.3, 0.4) is 0 Å². The first-order valence-electron chi connectivity index (χ1n) is 7.79. The Kier molecular flexibility index (Phi) is 2.56. The fraction of sp³-hybridized carbons (Fsp3) is 1.00. The number of hydrogen-bond donors (Lipinski definition) is 0. The molecule has 0 radical (unpaired) electrons. The van der Waals surface area contributed by atoms with Gasteiger partial charge < -0.3 is 0 Å². The van der Waals surface area contributed by atoms with E-state index in [0.717, 1.165) is 29.6 Å². The highest BCUT2D eigenvalue weighted by atomic mass is 14.6. The van der Waals surface area contributed by atoms with E-state index >= 15 is 0 Å². The lowest BCUT2D eigenvalue weighted by molar-refractivity contribution is -0.0584. The Morgan fingerprint density at radius 3 is 1.53 bits per heavy atom. The van der Waals surface area contributed by atoms with E-state index in [1.165, 1.54) is 0 Å². The van der Waals surface area contributed by atoms with Crippen molar-refractivity contribution in [1.29, 1.82) is 0 Å². The van der Waals surface area contributed by atoms with E-state index in [1.54, 1.807) is 32.1 Å². The van der Waals surface area contributed by atoms with Crippen molar-refractivity contribution in [2.24, 2.45) is 35.0 Å². The maximum absolute atomic E-state index is 2.56. The normalized spacial score (nSPS) is 45.2. The van der Waals surface area contributed by atoms with Crippen molar-refractivity contribution < 1.29 is 0 Å². The van der Waals surface area contributed by atoms with Gasteiger partial charge in [0.15, 0.2) is 0 Å². The maximum atomic E-state index is 2.56. The molecule has 0 aliphatic heterocycles. The van der Waals surface area contributed by atoms with Crippen molar-refractivity contribution in [1.82, 2.24) is 0 Å². The van der Waals surface area contributed by atoms with Crippen LogP contribution in [0.15, 0.2) is 0 Å². The zero-order valence-electron chi connectivity index (χ0n) is 12.4. The Hall–Kier alpha value is 0.130. The van der Waals surface area contributed by atoms with E-state index in [2.05, 4.69) is 36.5 Å². The molecule has 4 rings (SSSR count). The van der Waals surface area contributed by atoms with Gasteiger partial charge in [-0.3, -0.25) is 0 Å². The van der Waals surface area contributed by atoms with E-state index < -0.39 is 0 Å². The third kappa shape index (κ3) is 1.73. The Balaban J connectivity index is 1.89. The molecule has 0 unspecified atom stereocenters. The van der Waals surface area contributed by atoms with Crippen LogP contribution in [0.5, 0.6) is 0 Å². The van der Waals surface area contributed by atoms with Crippen molar-refractivity contribution in [3.05, 3.63) is 0 Å². The fourth-order valence-corrected chi connectivity index (χ4v) is 5.60. The number of rotatable bonds is 1. The van der Waals surface area contributed by atoms with Gasteiger partial charge >= 0.3 is 0 Å². The Morgan fingerprint density at radius 1 is 0.765 bits per heavy atom. The molecule has 94 valence electrons. The molecule has 4 bridgehead atoms. The van der Waals surface area contributed by atoms with Gasteiger partial charge in [0.1, 0.15) is 15.7 Å². The van der Waals surface area contributed by atoms with Gasteiger partial charge in [-0.05, 0) is 67.1 Å². The molecule has 0 amide bonds. The molecule has 0 spiro atoms. The van der Waals surface area contributed by atoms with Crippen molar-refractivity contribution in [2.45, 2.75) is 58.1 Å². The third-order valence-corrected chi connectivity index (χ3v) is 6.99. The molecule has 4 aliphatic rings. The lowest BCUT2D eigenvalue weighted by atomic mass is 9.32. The summed E-state index contributed by atoms with van der Waals surface area (Å²) in [6, 6.07) is 0. The van der Waals surface area contributed by atoms with Crippen LogP contribution in [0.4, 0.5) is 0 Å². The average molecular weight is 230 g/mol. The molecule has 0 atom stereocenters. The molecular weight excluding hydrogens is 202 g/mol. The first kappa shape index (κ1) is 12.2. The second-order valence-electron chi connectivity index (χ2n) is 8.93. The summed E-state index contributed by atoms with van der Waals surface area (Å²) < 4.78 is 0. The van der Waals surface area contributed by atoms with Crippen molar-refractivity contribution in [2.75, 3.05) is 0 Å². The molecule has 0 saturated heterocycles. The molecule has 0 aromatic rings. The predicted octanol–water partition coefficient (Wildman–Crippen LogP) is 2.49. The topological polar surface area (TPSA) is 0 Å². The highest BCUT2D eigenvalue weighted by Gasteiger charge is 2.54. The summed E-state index contributed by atoms with van der Waals surface area (Å²) >= 11 is 0. The quantitative estimate of drug-likeness (QED) is 0.607. The SMILES string of the molecule is BC(B)(C1C2CC3CC(C2)CC1C3)C(C)(C)C. The van der Waals surface area contributed by atoms with E-state index in [1.807, 2.05) is 0 Å². The van der Waals surface area contributed by atoms with Gasteiger partial charge in [-0.2, -0.15) is 0 Å². The van der Waals surface area contributed by atoms with Crippen LogP contribution in [-0.2, 0) is 0 Å². The first-order valence-corrected chi connectivity index (χ1v) is 7.79. The van der Waals surface area contributed by atoms with Crippen LogP contribution in [0.2, 0.25) is 5.21 Å². The van der Waals surface area contributed by atoms with Crippen molar-refractivity contribution in [3.63, 3.8) is 0 Å². The Bertz CT molecular complexity index is 285. The molecule has 4 aliphatic carbocycles. The molecular formula is C15H28B2. The summed E-state index contributed by atoms with van der Waals surface area (Å²) in [7, 11) is 5.11. The highest BCUT2D eigenvalue weighted by Crippen LogP contribution is 2.64. The van der Waals surface area contributed by atoms with E-state index in [4.69, 9.17) is 0 Å². The minimum absolute atomic E-state index is 0.451. The highest BCUT2D eigenvalue weighted by molar-refractivity contribution is 6.40. The van der Waals surface area contributed by atoms with Crippen LogP contribution in [0, 0.1) is 35.0 Å². The predicted molar refractivity (Wildman–Crippen MR) is 79.8 cm³/mol. The summed E-state index contributed by atoms with van der Waals surface area (Å²) in [5.74, 6) is 5.38. The van der Waals surface area contributed by atoms with E-state index in [-0.39, 0.29) is 0 Å². The minimum Gasteiger partial charge on any atom is -0.0766 e. The minimum atomic E-state index is 0.451. The molecule has 4 saturated carbocycles. The summed E-state index contributed by atoms with van der Waals surface area (Å²) in [6.45, 7) is 7.37. The van der Waals surface area contributed by atoms with E-state index in [9.17, 15) is 0 Å². The summed E-state index contributed by atoms with van der Waals surface area (Å²) in [6.07, 6.45) is 7.85. The molecule has 0 N–H and O–H groups in total. The van der Waals surface area contributed by atoms with Crippen LogP contribution in [-0.4, -0.2) is 15.7 Å².